The second kappa shape index (κ2) is 17.4. The molecule has 5 rings (SSSR count). The zero-order valence-electron chi connectivity index (χ0n) is 28.1. The van der Waals surface area contributed by atoms with Crippen LogP contribution in [-0.4, -0.2) is 89.0 Å². The second-order valence-corrected chi connectivity index (χ2v) is 12.6. The van der Waals surface area contributed by atoms with Gasteiger partial charge in [0.05, 0.1) is 6.10 Å². The number of aromatic nitrogens is 1. The number of oxazole rings is 1. The number of carbonyl (C=O) groups excluding carboxylic acids is 5. The molecule has 2 aliphatic heterocycles. The number of nitrogens with one attached hydrogen (secondary N) is 4. The molecule has 0 spiro atoms. The van der Waals surface area contributed by atoms with Crippen LogP contribution in [0.2, 0.25) is 0 Å². The highest BCUT2D eigenvalue weighted by Crippen LogP contribution is 2.20. The van der Waals surface area contributed by atoms with E-state index >= 15 is 0 Å². The third kappa shape index (κ3) is 9.91. The highest BCUT2D eigenvalue weighted by Gasteiger charge is 2.31. The predicted octanol–water partition coefficient (Wildman–Crippen LogP) is 2.04. The third-order valence-corrected chi connectivity index (χ3v) is 8.71. The number of likely N-dealkylation sites (tertiary alicyclic amines) is 1. The second-order valence-electron chi connectivity index (χ2n) is 12.6. The maximum absolute atomic E-state index is 13.9. The standard InChI is InChI=1S/C36H44N6O8/c1-23(43)31-35(48)37-16-7-6-15-27(38-32(45)25-13-10-14-26(20-25)49-22-30(44)42-17-8-3-9-18-42)33(46)39-28(19-24-11-4-2-5-12-24)36-40-29(21-50-36)34(47)41-31/h2,4-5,10-14,20-21,23,27-28,31,43H,3,6-9,15-19,22H2,1H3,(H,37,48)(H,38,45)(H,39,46)(H,41,47)/t23-,27+,28+,31+/m1/s1. The summed E-state index contributed by atoms with van der Waals surface area (Å²) in [5.41, 5.74) is 0.967. The van der Waals surface area contributed by atoms with Gasteiger partial charge in [0.1, 0.15) is 30.1 Å². The number of amides is 5. The van der Waals surface area contributed by atoms with Gasteiger partial charge in [-0.05, 0) is 69.2 Å². The number of hydrogen-bond donors (Lipinski definition) is 5. The summed E-state index contributed by atoms with van der Waals surface area (Å²) in [5.74, 6) is -2.03. The number of fused-ring (bicyclic) bond motifs is 2. The Hall–Kier alpha value is -5.24. The predicted molar refractivity (Wildman–Crippen MR) is 181 cm³/mol. The van der Waals surface area contributed by atoms with Gasteiger partial charge in [0, 0.05) is 31.6 Å². The molecule has 14 nitrogen and oxygen atoms in total. The van der Waals surface area contributed by atoms with E-state index in [2.05, 4.69) is 26.3 Å². The molecule has 1 saturated heterocycles. The van der Waals surface area contributed by atoms with Crippen LogP contribution in [0.5, 0.6) is 5.75 Å². The topological polar surface area (TPSA) is 192 Å². The highest BCUT2D eigenvalue weighted by atomic mass is 16.5. The van der Waals surface area contributed by atoms with Gasteiger partial charge in [0.25, 0.3) is 17.7 Å². The molecular formula is C36H44N6O8. The Bertz CT molecular complexity index is 1640. The minimum atomic E-state index is -1.23. The zero-order chi connectivity index (χ0) is 35.5. The van der Waals surface area contributed by atoms with E-state index in [0.29, 0.717) is 31.7 Å². The molecule has 4 atom stereocenters. The van der Waals surface area contributed by atoms with Crippen LogP contribution in [0.1, 0.15) is 83.8 Å². The van der Waals surface area contributed by atoms with Crippen LogP contribution in [0.25, 0.3) is 0 Å². The fraction of sp³-hybridized carbons (Fsp3) is 0.444. The van der Waals surface area contributed by atoms with E-state index in [1.54, 1.807) is 23.1 Å². The molecule has 2 bridgehead atoms. The fourth-order valence-electron chi connectivity index (χ4n) is 5.91. The Kier molecular flexibility index (Phi) is 12.6. The van der Waals surface area contributed by atoms with Crippen molar-refractivity contribution in [3.63, 3.8) is 0 Å². The Morgan fingerprint density at radius 2 is 1.78 bits per heavy atom. The van der Waals surface area contributed by atoms with Crippen LogP contribution in [-0.2, 0) is 20.8 Å². The molecule has 1 fully saturated rings. The lowest BCUT2D eigenvalue weighted by atomic mass is 10.0. The Balaban J connectivity index is 1.34. The van der Waals surface area contributed by atoms with Gasteiger partial charge in [-0.15, -0.1) is 0 Å². The van der Waals surface area contributed by atoms with Crippen molar-refractivity contribution in [2.24, 2.45) is 0 Å². The van der Waals surface area contributed by atoms with Gasteiger partial charge >= 0.3 is 0 Å². The first-order chi connectivity index (χ1) is 24.2. The number of aliphatic hydroxyl groups excluding tert-OH is 1. The quantitative estimate of drug-likeness (QED) is 0.236. The molecule has 0 aliphatic carbocycles. The van der Waals surface area contributed by atoms with Gasteiger partial charge in [-0.2, -0.15) is 0 Å². The van der Waals surface area contributed by atoms with E-state index in [9.17, 15) is 29.1 Å². The number of nitrogens with zero attached hydrogens (tertiary/aromatic N) is 2. The fourth-order valence-corrected chi connectivity index (χ4v) is 5.91. The molecule has 0 radical (unpaired) electrons. The first kappa shape index (κ1) is 36.1. The molecular weight excluding hydrogens is 644 g/mol. The zero-order valence-corrected chi connectivity index (χ0v) is 28.1. The average molecular weight is 689 g/mol. The van der Waals surface area contributed by atoms with E-state index in [1.807, 2.05) is 30.3 Å². The van der Waals surface area contributed by atoms with Crippen molar-refractivity contribution < 1.29 is 38.2 Å². The lowest BCUT2D eigenvalue weighted by Crippen LogP contribution is -2.52. The third-order valence-electron chi connectivity index (χ3n) is 8.71. The van der Waals surface area contributed by atoms with Crippen LogP contribution in [0.3, 0.4) is 0 Å². The Labute approximate surface area is 290 Å². The number of aliphatic hydroxyl groups is 1. The van der Waals surface area contributed by atoms with Crippen molar-refractivity contribution >= 4 is 29.5 Å². The number of rotatable bonds is 8. The van der Waals surface area contributed by atoms with Gasteiger partial charge in [-0.25, -0.2) is 4.98 Å². The molecule has 2 aliphatic rings. The van der Waals surface area contributed by atoms with E-state index in [-0.39, 0.29) is 49.0 Å². The molecule has 1 aromatic heterocycles. The molecule has 50 heavy (non-hydrogen) atoms. The van der Waals surface area contributed by atoms with E-state index in [0.717, 1.165) is 31.1 Å². The van der Waals surface area contributed by atoms with Crippen LogP contribution in [0.4, 0.5) is 0 Å². The Morgan fingerprint density at radius 3 is 2.54 bits per heavy atom. The van der Waals surface area contributed by atoms with Gasteiger partial charge in [0.2, 0.25) is 17.7 Å². The van der Waals surface area contributed by atoms with Crippen LogP contribution < -0.4 is 26.0 Å². The van der Waals surface area contributed by atoms with E-state index < -0.39 is 47.9 Å². The molecule has 0 saturated carbocycles. The number of hydrogen-bond acceptors (Lipinski definition) is 9. The SMILES string of the molecule is C[C@@H](O)[C@@H]1NC(=O)c2coc(n2)[C@H](Cc2ccccc2)NC(=O)[C@@H](NC(=O)c2cccc(OCC(=O)N3CCCCC3)c2)CCCCNC1=O. The summed E-state index contributed by atoms with van der Waals surface area (Å²) in [5, 5.41) is 21.2. The maximum Gasteiger partial charge on any atom is 0.273 e. The molecule has 3 heterocycles. The lowest BCUT2D eigenvalue weighted by Gasteiger charge is -2.26. The van der Waals surface area contributed by atoms with Crippen molar-refractivity contribution in [2.45, 2.75) is 76.1 Å². The lowest BCUT2D eigenvalue weighted by molar-refractivity contribution is -0.134. The van der Waals surface area contributed by atoms with Crippen molar-refractivity contribution in [1.29, 1.82) is 0 Å². The summed E-state index contributed by atoms with van der Waals surface area (Å²) >= 11 is 0. The molecule has 5 amide bonds. The van der Waals surface area contributed by atoms with Gasteiger partial charge in [0.15, 0.2) is 12.3 Å². The summed E-state index contributed by atoms with van der Waals surface area (Å²) < 4.78 is 11.4. The number of benzene rings is 2. The van der Waals surface area contributed by atoms with Crippen molar-refractivity contribution in [3.8, 4) is 5.75 Å². The molecule has 14 heteroatoms. The minimum Gasteiger partial charge on any atom is -0.484 e. The van der Waals surface area contributed by atoms with Crippen LogP contribution in [0, 0.1) is 0 Å². The monoisotopic (exact) mass is 688 g/mol. The number of ether oxygens (including phenoxy) is 1. The smallest absolute Gasteiger partial charge is 0.273 e. The van der Waals surface area contributed by atoms with Gasteiger partial charge < -0.3 is 40.4 Å². The van der Waals surface area contributed by atoms with Crippen molar-refractivity contribution in [1.82, 2.24) is 31.2 Å². The van der Waals surface area contributed by atoms with E-state index in [4.69, 9.17) is 9.15 Å². The highest BCUT2D eigenvalue weighted by molar-refractivity contribution is 5.98. The molecule has 2 aromatic carbocycles. The molecule has 266 valence electrons. The minimum absolute atomic E-state index is 0.0477. The first-order valence-corrected chi connectivity index (χ1v) is 17.1. The van der Waals surface area contributed by atoms with Crippen molar-refractivity contribution in [3.05, 3.63) is 83.6 Å². The first-order valence-electron chi connectivity index (χ1n) is 17.1. The maximum atomic E-state index is 13.9. The van der Waals surface area contributed by atoms with E-state index in [1.165, 1.54) is 13.0 Å². The summed E-state index contributed by atoms with van der Waals surface area (Å²) in [4.78, 5) is 72.0. The number of carbonyl (C=O) groups is 5. The summed E-state index contributed by atoms with van der Waals surface area (Å²) in [6.45, 7) is 2.88. The molecule has 5 N–H and O–H groups in total. The van der Waals surface area contributed by atoms with Crippen molar-refractivity contribution in [2.75, 3.05) is 26.2 Å². The summed E-state index contributed by atoms with van der Waals surface area (Å²) in [7, 11) is 0. The molecule has 3 aromatic rings. The van der Waals surface area contributed by atoms with Gasteiger partial charge in [-0.1, -0.05) is 36.4 Å². The summed E-state index contributed by atoms with van der Waals surface area (Å²) in [6, 6.07) is 12.7. The molecule has 0 unspecified atom stereocenters. The van der Waals surface area contributed by atoms with Crippen LogP contribution >= 0.6 is 0 Å². The van der Waals surface area contributed by atoms with Gasteiger partial charge in [-0.3, -0.25) is 24.0 Å². The average Bonchev–Trinajstić information content (AvgIpc) is 3.63. The largest absolute Gasteiger partial charge is 0.484 e. The summed E-state index contributed by atoms with van der Waals surface area (Å²) in [6.07, 6.45) is 4.38. The normalized spacial score (nSPS) is 21.3. The Morgan fingerprint density at radius 1 is 1.00 bits per heavy atom. The van der Waals surface area contributed by atoms with Crippen LogP contribution in [0.15, 0.2) is 65.3 Å². The number of piperidine rings is 1.